The molecular formula is C16H15N3S. The number of thioether (sulfide) groups is 1. The lowest BCUT2D eigenvalue weighted by atomic mass is 9.95. The number of aliphatic imine (C=N–C) groups is 1. The number of aromatic nitrogens is 1. The zero-order valence-corrected chi connectivity index (χ0v) is 11.9. The van der Waals surface area contributed by atoms with Crippen LogP contribution in [0.1, 0.15) is 11.1 Å². The van der Waals surface area contributed by atoms with E-state index in [0.717, 1.165) is 29.6 Å². The molecule has 100 valence electrons. The van der Waals surface area contributed by atoms with Gasteiger partial charge in [-0.3, -0.25) is 4.98 Å². The first-order chi connectivity index (χ1) is 9.90. The Balaban J connectivity index is 1.65. The van der Waals surface area contributed by atoms with Crippen LogP contribution in [0, 0.1) is 0 Å². The van der Waals surface area contributed by atoms with Crippen molar-refractivity contribution in [3.63, 3.8) is 0 Å². The van der Waals surface area contributed by atoms with E-state index in [2.05, 4.69) is 34.1 Å². The highest BCUT2D eigenvalue weighted by atomic mass is 32.2. The van der Waals surface area contributed by atoms with E-state index in [-0.39, 0.29) is 0 Å². The summed E-state index contributed by atoms with van der Waals surface area (Å²) < 4.78 is 0. The van der Waals surface area contributed by atoms with Gasteiger partial charge >= 0.3 is 0 Å². The van der Waals surface area contributed by atoms with E-state index in [0.29, 0.717) is 6.04 Å². The van der Waals surface area contributed by atoms with Crippen molar-refractivity contribution in [3.8, 4) is 0 Å². The van der Waals surface area contributed by atoms with Gasteiger partial charge in [0.15, 0.2) is 5.17 Å². The normalized spacial score (nSPS) is 22.7. The third-order valence-corrected chi connectivity index (χ3v) is 5.03. The minimum Gasteiger partial charge on any atom is -0.343 e. The summed E-state index contributed by atoms with van der Waals surface area (Å²) in [4.78, 5) is 11.3. The molecular weight excluding hydrogens is 266 g/mol. The predicted molar refractivity (Wildman–Crippen MR) is 83.3 cm³/mol. The minimum atomic E-state index is 0.593. The van der Waals surface area contributed by atoms with Gasteiger partial charge in [-0.05, 0) is 29.7 Å². The molecule has 0 bridgehead atoms. The van der Waals surface area contributed by atoms with Crippen LogP contribution in [0.25, 0.3) is 0 Å². The molecule has 0 N–H and O–H groups in total. The first-order valence-electron chi connectivity index (χ1n) is 6.85. The topological polar surface area (TPSA) is 28.5 Å². The summed E-state index contributed by atoms with van der Waals surface area (Å²) in [5, 5.41) is 1.15. The van der Waals surface area contributed by atoms with Crippen molar-refractivity contribution >= 4 is 22.6 Å². The van der Waals surface area contributed by atoms with E-state index in [4.69, 9.17) is 4.99 Å². The maximum Gasteiger partial charge on any atom is 0.165 e. The van der Waals surface area contributed by atoms with Crippen molar-refractivity contribution in [1.29, 1.82) is 0 Å². The molecule has 20 heavy (non-hydrogen) atoms. The van der Waals surface area contributed by atoms with Crippen LogP contribution in [-0.4, -0.2) is 26.8 Å². The van der Waals surface area contributed by atoms with Crippen LogP contribution in [0.4, 0.5) is 5.69 Å². The fourth-order valence-electron chi connectivity index (χ4n) is 2.84. The molecule has 3 nitrogen and oxygen atoms in total. The summed E-state index contributed by atoms with van der Waals surface area (Å²) in [6.45, 7) is 0.984. The van der Waals surface area contributed by atoms with E-state index < -0.39 is 0 Å². The summed E-state index contributed by atoms with van der Waals surface area (Å²) in [5.41, 5.74) is 3.93. The molecule has 2 aliphatic heterocycles. The Morgan fingerprint density at radius 2 is 1.90 bits per heavy atom. The van der Waals surface area contributed by atoms with Crippen molar-refractivity contribution in [2.45, 2.75) is 19.0 Å². The number of fused-ring (bicyclic) bond motifs is 2. The maximum atomic E-state index is 4.78. The fraction of sp³-hybridized carbons (Fsp3) is 0.250. The van der Waals surface area contributed by atoms with Crippen LogP contribution >= 0.6 is 11.8 Å². The molecule has 0 aliphatic carbocycles. The van der Waals surface area contributed by atoms with E-state index in [9.17, 15) is 0 Å². The molecule has 0 saturated carbocycles. The Kier molecular flexibility index (Phi) is 2.96. The molecule has 0 spiro atoms. The molecule has 2 aromatic rings. The highest BCUT2D eigenvalue weighted by Crippen LogP contribution is 2.34. The number of hydrogen-bond donors (Lipinski definition) is 0. The molecule has 4 rings (SSSR count). The SMILES string of the molecule is c1ccc2c(c1)C[C@H]1CSC(=Nc3ccncc3)N1C2. The molecule has 1 aromatic heterocycles. The number of hydrogen-bond acceptors (Lipinski definition) is 3. The van der Waals surface area contributed by atoms with Gasteiger partial charge in [0, 0.05) is 30.7 Å². The maximum absolute atomic E-state index is 4.78. The average Bonchev–Trinajstić information content (AvgIpc) is 2.88. The van der Waals surface area contributed by atoms with Crippen LogP contribution in [0.3, 0.4) is 0 Å². The van der Waals surface area contributed by atoms with Gasteiger partial charge in [-0.1, -0.05) is 36.0 Å². The van der Waals surface area contributed by atoms with Gasteiger partial charge in [-0.15, -0.1) is 0 Å². The van der Waals surface area contributed by atoms with E-state index in [1.165, 1.54) is 11.1 Å². The average molecular weight is 281 g/mol. The van der Waals surface area contributed by atoms with Crippen LogP contribution < -0.4 is 0 Å². The first kappa shape index (κ1) is 12.0. The third-order valence-electron chi connectivity index (χ3n) is 3.89. The quantitative estimate of drug-likeness (QED) is 0.803. The van der Waals surface area contributed by atoms with Gasteiger partial charge in [-0.25, -0.2) is 4.99 Å². The Bertz CT molecular complexity index is 654. The Morgan fingerprint density at radius 1 is 1.10 bits per heavy atom. The van der Waals surface area contributed by atoms with Crippen LogP contribution in [-0.2, 0) is 13.0 Å². The number of benzene rings is 1. The molecule has 2 aliphatic rings. The number of nitrogens with zero attached hydrogens (tertiary/aromatic N) is 3. The smallest absolute Gasteiger partial charge is 0.165 e. The molecule has 4 heteroatoms. The fourth-order valence-corrected chi connectivity index (χ4v) is 4.03. The van der Waals surface area contributed by atoms with Gasteiger partial charge in [-0.2, -0.15) is 0 Å². The number of amidine groups is 1. The molecule has 0 amide bonds. The minimum absolute atomic E-state index is 0.593. The molecule has 1 fully saturated rings. The van der Waals surface area contributed by atoms with Crippen molar-refractivity contribution < 1.29 is 0 Å². The molecule has 0 unspecified atom stereocenters. The molecule has 1 atom stereocenters. The summed E-state index contributed by atoms with van der Waals surface area (Å²) in [6.07, 6.45) is 4.72. The third kappa shape index (κ3) is 2.10. The van der Waals surface area contributed by atoms with Gasteiger partial charge in [0.05, 0.1) is 5.69 Å². The van der Waals surface area contributed by atoms with Crippen LogP contribution in [0.15, 0.2) is 53.8 Å². The Hall–Kier alpha value is -1.81. The largest absolute Gasteiger partial charge is 0.343 e. The second-order valence-corrected chi connectivity index (χ2v) is 6.15. The molecule has 1 aromatic carbocycles. The van der Waals surface area contributed by atoms with E-state index in [1.54, 1.807) is 12.4 Å². The first-order valence-corrected chi connectivity index (χ1v) is 7.84. The van der Waals surface area contributed by atoms with Crippen LogP contribution in [0.5, 0.6) is 0 Å². The lowest BCUT2D eigenvalue weighted by Gasteiger charge is -2.32. The van der Waals surface area contributed by atoms with Gasteiger partial charge in [0.2, 0.25) is 0 Å². The number of rotatable bonds is 1. The lowest BCUT2D eigenvalue weighted by molar-refractivity contribution is 0.320. The highest BCUT2D eigenvalue weighted by Gasteiger charge is 2.34. The summed E-state index contributed by atoms with van der Waals surface area (Å²) in [5.74, 6) is 1.14. The molecule has 0 radical (unpaired) electrons. The van der Waals surface area contributed by atoms with Crippen molar-refractivity contribution in [1.82, 2.24) is 9.88 Å². The van der Waals surface area contributed by atoms with Crippen molar-refractivity contribution in [3.05, 3.63) is 59.9 Å². The standard InChI is InChI=1S/C16H15N3S/c1-2-4-13-10-19-15(9-12(13)3-1)11-20-16(19)18-14-5-7-17-8-6-14/h1-8,15H,9-11H2/t15-/m0/s1. The lowest BCUT2D eigenvalue weighted by Crippen LogP contribution is -2.38. The van der Waals surface area contributed by atoms with Crippen molar-refractivity contribution in [2.24, 2.45) is 4.99 Å². The van der Waals surface area contributed by atoms with Crippen molar-refractivity contribution in [2.75, 3.05) is 5.75 Å². The zero-order chi connectivity index (χ0) is 13.4. The molecule has 3 heterocycles. The highest BCUT2D eigenvalue weighted by molar-refractivity contribution is 8.14. The van der Waals surface area contributed by atoms with Gasteiger partial charge in [0.1, 0.15) is 0 Å². The number of pyridine rings is 1. The Morgan fingerprint density at radius 3 is 2.75 bits per heavy atom. The summed E-state index contributed by atoms with van der Waals surface area (Å²) in [6, 6.07) is 13.3. The monoisotopic (exact) mass is 281 g/mol. The predicted octanol–water partition coefficient (Wildman–Crippen LogP) is 3.24. The second-order valence-electron chi connectivity index (χ2n) is 5.17. The molecule has 1 saturated heterocycles. The second kappa shape index (κ2) is 4.94. The zero-order valence-electron chi connectivity index (χ0n) is 11.1. The van der Waals surface area contributed by atoms with E-state index >= 15 is 0 Å². The Labute approximate surface area is 122 Å². The van der Waals surface area contributed by atoms with Crippen LogP contribution in [0.2, 0.25) is 0 Å². The summed E-state index contributed by atoms with van der Waals surface area (Å²) >= 11 is 1.87. The van der Waals surface area contributed by atoms with E-state index in [1.807, 2.05) is 23.9 Å². The summed E-state index contributed by atoms with van der Waals surface area (Å²) in [7, 11) is 0. The van der Waals surface area contributed by atoms with Gasteiger partial charge in [0.25, 0.3) is 0 Å². The van der Waals surface area contributed by atoms with Gasteiger partial charge < -0.3 is 4.90 Å².